The predicted octanol–water partition coefficient (Wildman–Crippen LogP) is 1.84. The number of carbonyl (C=O) groups is 1. The molecule has 1 atom stereocenters. The summed E-state index contributed by atoms with van der Waals surface area (Å²) in [5, 5.41) is 11.8. The molecule has 2 N–H and O–H groups in total. The second kappa shape index (κ2) is 6.11. The van der Waals surface area contributed by atoms with Crippen molar-refractivity contribution in [3.05, 3.63) is 53.9 Å². The van der Waals surface area contributed by atoms with Crippen LogP contribution < -0.4 is 5.32 Å². The highest BCUT2D eigenvalue weighted by molar-refractivity contribution is 5.66. The Morgan fingerprint density at radius 2 is 2.05 bits per heavy atom. The molecule has 19 heavy (non-hydrogen) atoms. The molecule has 1 amide bonds. The maximum absolute atomic E-state index is 10.5. The third-order valence-electron chi connectivity index (χ3n) is 3.10. The van der Waals surface area contributed by atoms with Gasteiger partial charge in [0.2, 0.25) is 6.41 Å². The van der Waals surface area contributed by atoms with E-state index in [-0.39, 0.29) is 12.6 Å². The smallest absolute Gasteiger partial charge is 0.207 e. The van der Waals surface area contributed by atoms with E-state index in [0.29, 0.717) is 6.41 Å². The molecule has 98 valence electrons. The Kier molecular flexibility index (Phi) is 4.26. The Morgan fingerprint density at radius 3 is 2.63 bits per heavy atom. The van der Waals surface area contributed by atoms with Crippen molar-refractivity contribution in [1.82, 2.24) is 10.3 Å². The van der Waals surface area contributed by atoms with Gasteiger partial charge in [-0.25, -0.2) is 0 Å². The molecule has 2 aromatic rings. The van der Waals surface area contributed by atoms with E-state index in [1.54, 1.807) is 6.20 Å². The Hall–Kier alpha value is -2.20. The molecule has 4 heteroatoms. The van der Waals surface area contributed by atoms with Crippen LogP contribution in [0, 0.1) is 6.92 Å². The van der Waals surface area contributed by atoms with Crippen LogP contribution in [0.3, 0.4) is 0 Å². The maximum atomic E-state index is 10.5. The van der Waals surface area contributed by atoms with Crippen molar-refractivity contribution in [2.75, 3.05) is 6.61 Å². The molecule has 0 aliphatic heterocycles. The molecule has 4 nitrogen and oxygen atoms in total. The van der Waals surface area contributed by atoms with Crippen LogP contribution in [-0.2, 0) is 4.79 Å². The first-order chi connectivity index (χ1) is 9.26. The zero-order chi connectivity index (χ0) is 13.7. The van der Waals surface area contributed by atoms with E-state index >= 15 is 0 Å². The summed E-state index contributed by atoms with van der Waals surface area (Å²) in [5.74, 6) is 0. The number of hydrogen-bond donors (Lipinski definition) is 2. The molecule has 0 bridgehead atoms. The number of aliphatic hydroxyl groups excluding tert-OH is 1. The van der Waals surface area contributed by atoms with Gasteiger partial charge in [-0.05, 0) is 35.2 Å². The second-order valence-electron chi connectivity index (χ2n) is 4.33. The van der Waals surface area contributed by atoms with E-state index in [0.717, 1.165) is 22.3 Å². The van der Waals surface area contributed by atoms with Crippen LogP contribution >= 0.6 is 0 Å². The minimum atomic E-state index is -0.356. The van der Waals surface area contributed by atoms with Gasteiger partial charge in [-0.2, -0.15) is 0 Å². The van der Waals surface area contributed by atoms with Crippen LogP contribution in [-0.4, -0.2) is 23.1 Å². The number of pyridine rings is 1. The summed E-state index contributed by atoms with van der Waals surface area (Å²) < 4.78 is 0. The topological polar surface area (TPSA) is 62.2 Å². The number of nitrogens with zero attached hydrogens (tertiary/aromatic N) is 1. The van der Waals surface area contributed by atoms with E-state index in [1.807, 2.05) is 43.5 Å². The van der Waals surface area contributed by atoms with Crippen molar-refractivity contribution in [3.8, 4) is 11.1 Å². The van der Waals surface area contributed by atoms with Crippen molar-refractivity contribution < 1.29 is 9.90 Å². The van der Waals surface area contributed by atoms with Crippen molar-refractivity contribution in [3.63, 3.8) is 0 Å². The zero-order valence-corrected chi connectivity index (χ0v) is 10.7. The first-order valence-corrected chi connectivity index (χ1v) is 6.07. The van der Waals surface area contributed by atoms with Crippen LogP contribution in [0.2, 0.25) is 0 Å². The highest BCUT2D eigenvalue weighted by atomic mass is 16.3. The number of benzene rings is 1. The summed E-state index contributed by atoms with van der Waals surface area (Å²) in [7, 11) is 0. The van der Waals surface area contributed by atoms with Gasteiger partial charge in [0.15, 0.2) is 0 Å². The van der Waals surface area contributed by atoms with E-state index < -0.39 is 0 Å². The van der Waals surface area contributed by atoms with E-state index in [9.17, 15) is 9.90 Å². The van der Waals surface area contributed by atoms with Crippen LogP contribution in [0.25, 0.3) is 11.1 Å². The maximum Gasteiger partial charge on any atom is 0.207 e. The fourth-order valence-electron chi connectivity index (χ4n) is 2.03. The van der Waals surface area contributed by atoms with Crippen molar-refractivity contribution >= 4 is 6.41 Å². The molecule has 0 fully saturated rings. The van der Waals surface area contributed by atoms with Crippen LogP contribution in [0.1, 0.15) is 17.2 Å². The van der Waals surface area contributed by atoms with Gasteiger partial charge >= 0.3 is 0 Å². The van der Waals surface area contributed by atoms with Gasteiger partial charge in [0.05, 0.1) is 12.6 Å². The molecular formula is C15H16N2O2. The van der Waals surface area contributed by atoms with E-state index in [1.165, 1.54) is 0 Å². The number of carbonyl (C=O) groups excluding carboxylic acids is 1. The molecular weight excluding hydrogens is 240 g/mol. The number of aryl methyl sites for hydroxylation is 1. The molecule has 2 rings (SSSR count). The summed E-state index contributed by atoms with van der Waals surface area (Å²) in [5.41, 5.74) is 4.21. The van der Waals surface area contributed by atoms with Gasteiger partial charge < -0.3 is 10.4 Å². The van der Waals surface area contributed by atoms with Gasteiger partial charge in [0.25, 0.3) is 0 Å². The molecule has 0 aliphatic carbocycles. The number of aromatic nitrogens is 1. The van der Waals surface area contributed by atoms with E-state index in [4.69, 9.17) is 0 Å². The Balaban J connectivity index is 2.28. The van der Waals surface area contributed by atoms with Crippen molar-refractivity contribution in [1.29, 1.82) is 0 Å². The Bertz CT molecular complexity index is 552. The molecule has 1 unspecified atom stereocenters. The van der Waals surface area contributed by atoms with Crippen molar-refractivity contribution in [2.45, 2.75) is 13.0 Å². The van der Waals surface area contributed by atoms with Crippen molar-refractivity contribution in [2.24, 2.45) is 0 Å². The van der Waals surface area contributed by atoms with Gasteiger partial charge in [-0.1, -0.05) is 24.3 Å². The third kappa shape index (κ3) is 2.98. The lowest BCUT2D eigenvalue weighted by Gasteiger charge is -2.14. The number of amides is 1. The van der Waals surface area contributed by atoms with E-state index in [2.05, 4.69) is 10.3 Å². The summed E-state index contributed by atoms with van der Waals surface area (Å²) in [6, 6.07) is 9.39. The first-order valence-electron chi connectivity index (χ1n) is 6.07. The molecule has 0 saturated heterocycles. The second-order valence-corrected chi connectivity index (χ2v) is 4.33. The number of nitrogens with one attached hydrogen (secondary N) is 1. The summed E-state index contributed by atoms with van der Waals surface area (Å²) in [6.45, 7) is 1.90. The standard InChI is InChI=1S/C15H16N2O2/c1-11-8-16-7-6-14(11)12-2-4-13(5-3-12)15(9-18)17-10-19/h2-8,10,15,18H,9H2,1H3,(H,17,19). The highest BCUT2D eigenvalue weighted by Crippen LogP contribution is 2.24. The molecule has 0 spiro atoms. The number of hydrogen-bond acceptors (Lipinski definition) is 3. The third-order valence-corrected chi connectivity index (χ3v) is 3.10. The van der Waals surface area contributed by atoms with Gasteiger partial charge in [-0.15, -0.1) is 0 Å². The van der Waals surface area contributed by atoms with Gasteiger partial charge in [0.1, 0.15) is 0 Å². The minimum absolute atomic E-state index is 0.119. The molecule has 1 aromatic carbocycles. The normalized spacial score (nSPS) is 11.9. The SMILES string of the molecule is Cc1cnccc1-c1ccc(C(CO)NC=O)cc1. The van der Waals surface area contributed by atoms with Crippen LogP contribution in [0.5, 0.6) is 0 Å². The van der Waals surface area contributed by atoms with Crippen LogP contribution in [0.15, 0.2) is 42.7 Å². The molecule has 0 radical (unpaired) electrons. The average Bonchev–Trinajstić information content (AvgIpc) is 2.46. The fourth-order valence-corrected chi connectivity index (χ4v) is 2.03. The zero-order valence-electron chi connectivity index (χ0n) is 10.7. The lowest BCUT2D eigenvalue weighted by molar-refractivity contribution is -0.110. The minimum Gasteiger partial charge on any atom is -0.394 e. The molecule has 1 heterocycles. The van der Waals surface area contributed by atoms with Gasteiger partial charge in [0, 0.05) is 12.4 Å². The summed E-state index contributed by atoms with van der Waals surface area (Å²) in [4.78, 5) is 14.5. The predicted molar refractivity (Wildman–Crippen MR) is 73.4 cm³/mol. The summed E-state index contributed by atoms with van der Waals surface area (Å²) in [6.07, 6.45) is 4.19. The van der Waals surface area contributed by atoms with Crippen LogP contribution in [0.4, 0.5) is 0 Å². The lowest BCUT2D eigenvalue weighted by atomic mass is 9.99. The average molecular weight is 256 g/mol. The number of rotatable bonds is 5. The quantitative estimate of drug-likeness (QED) is 0.802. The Labute approximate surface area is 112 Å². The first kappa shape index (κ1) is 13.2. The number of aliphatic hydroxyl groups is 1. The largest absolute Gasteiger partial charge is 0.394 e. The van der Waals surface area contributed by atoms with Gasteiger partial charge in [-0.3, -0.25) is 9.78 Å². The molecule has 0 aliphatic rings. The molecule has 1 aromatic heterocycles. The lowest BCUT2D eigenvalue weighted by Crippen LogP contribution is -2.22. The highest BCUT2D eigenvalue weighted by Gasteiger charge is 2.09. The monoisotopic (exact) mass is 256 g/mol. The fraction of sp³-hybridized carbons (Fsp3) is 0.200. The summed E-state index contributed by atoms with van der Waals surface area (Å²) >= 11 is 0. The molecule has 0 saturated carbocycles. The Morgan fingerprint density at radius 1 is 1.32 bits per heavy atom.